The average molecular weight is 261 g/mol. The summed E-state index contributed by atoms with van der Waals surface area (Å²) >= 11 is 0. The zero-order chi connectivity index (χ0) is 13.2. The van der Waals surface area contributed by atoms with Gasteiger partial charge in [0.1, 0.15) is 6.04 Å². The summed E-state index contributed by atoms with van der Waals surface area (Å²) in [5.74, 6) is 0.154. The van der Waals surface area contributed by atoms with Crippen LogP contribution in [0.1, 0.15) is 6.42 Å². The van der Waals surface area contributed by atoms with Crippen molar-refractivity contribution < 1.29 is 9.53 Å². The van der Waals surface area contributed by atoms with Gasteiger partial charge in [-0.1, -0.05) is 12.1 Å². The molecule has 1 aromatic carbocycles. The molecule has 1 amide bonds. The van der Waals surface area contributed by atoms with Crippen LogP contribution in [0.3, 0.4) is 0 Å². The van der Waals surface area contributed by atoms with Gasteiger partial charge in [-0.15, -0.1) is 0 Å². The molecule has 2 atom stereocenters. The minimum atomic E-state index is -0.189. The van der Waals surface area contributed by atoms with Gasteiger partial charge in [-0.2, -0.15) is 0 Å². The lowest BCUT2D eigenvalue weighted by atomic mass is 10.1. The molecule has 1 aromatic rings. The number of nitrogens with zero attached hydrogens (tertiary/aromatic N) is 1. The number of anilines is 2. The standard InChI is InChI=1S/C14H19N3O2/c1-19-10-6-7-17(9-10)14(18)13-8-15-11-4-2-3-5-12(11)16-13/h2-5,10,13,15-16H,6-9H2,1H3. The first-order valence-electron chi connectivity index (χ1n) is 6.69. The van der Waals surface area contributed by atoms with E-state index in [1.807, 2.05) is 29.2 Å². The number of rotatable bonds is 2. The van der Waals surface area contributed by atoms with Crippen LogP contribution in [-0.2, 0) is 9.53 Å². The van der Waals surface area contributed by atoms with E-state index in [0.717, 1.165) is 24.3 Å². The minimum Gasteiger partial charge on any atom is -0.381 e. The fraction of sp³-hybridized carbons (Fsp3) is 0.500. The van der Waals surface area contributed by atoms with E-state index in [1.165, 1.54) is 0 Å². The molecule has 0 radical (unpaired) electrons. The molecule has 1 saturated heterocycles. The molecule has 0 aromatic heterocycles. The Morgan fingerprint density at radius 1 is 1.37 bits per heavy atom. The monoisotopic (exact) mass is 261 g/mol. The lowest BCUT2D eigenvalue weighted by molar-refractivity contribution is -0.131. The number of benzene rings is 1. The fourth-order valence-electron chi connectivity index (χ4n) is 2.70. The molecule has 5 nitrogen and oxygen atoms in total. The molecule has 19 heavy (non-hydrogen) atoms. The summed E-state index contributed by atoms with van der Waals surface area (Å²) in [6.45, 7) is 2.12. The molecule has 0 saturated carbocycles. The van der Waals surface area contributed by atoms with Gasteiger partial charge in [-0.05, 0) is 18.6 Å². The predicted molar refractivity (Wildman–Crippen MR) is 74.3 cm³/mol. The van der Waals surface area contributed by atoms with Gasteiger partial charge in [-0.25, -0.2) is 0 Å². The summed E-state index contributed by atoms with van der Waals surface area (Å²) in [4.78, 5) is 14.3. The van der Waals surface area contributed by atoms with E-state index in [4.69, 9.17) is 4.74 Å². The third-order valence-corrected chi connectivity index (χ3v) is 3.84. The highest BCUT2D eigenvalue weighted by molar-refractivity contribution is 5.88. The van der Waals surface area contributed by atoms with E-state index in [1.54, 1.807) is 7.11 Å². The Labute approximate surface area is 112 Å². The highest BCUT2D eigenvalue weighted by atomic mass is 16.5. The summed E-state index contributed by atoms with van der Waals surface area (Å²) < 4.78 is 5.31. The number of para-hydroxylation sites is 2. The number of nitrogens with one attached hydrogen (secondary N) is 2. The summed E-state index contributed by atoms with van der Waals surface area (Å²) in [6.07, 6.45) is 1.12. The third kappa shape index (κ3) is 2.38. The van der Waals surface area contributed by atoms with E-state index >= 15 is 0 Å². The summed E-state index contributed by atoms with van der Waals surface area (Å²) in [6, 6.07) is 7.77. The third-order valence-electron chi connectivity index (χ3n) is 3.84. The van der Waals surface area contributed by atoms with Crippen LogP contribution < -0.4 is 10.6 Å². The van der Waals surface area contributed by atoms with Crippen molar-refractivity contribution in [3.63, 3.8) is 0 Å². The molecule has 1 fully saturated rings. The number of fused-ring (bicyclic) bond motifs is 1. The van der Waals surface area contributed by atoms with Crippen molar-refractivity contribution in [3.8, 4) is 0 Å². The van der Waals surface area contributed by atoms with E-state index in [-0.39, 0.29) is 18.1 Å². The largest absolute Gasteiger partial charge is 0.381 e. The molecular formula is C14H19N3O2. The van der Waals surface area contributed by atoms with Crippen LogP contribution in [0.4, 0.5) is 11.4 Å². The first-order chi connectivity index (χ1) is 9.28. The van der Waals surface area contributed by atoms with Crippen LogP contribution in [0.5, 0.6) is 0 Å². The van der Waals surface area contributed by atoms with Gasteiger partial charge in [0.25, 0.3) is 0 Å². The summed E-state index contributed by atoms with van der Waals surface area (Å²) in [5, 5.41) is 6.61. The SMILES string of the molecule is COC1CCN(C(=O)C2CNc3ccccc3N2)C1. The molecule has 0 spiro atoms. The number of amides is 1. The summed E-state index contributed by atoms with van der Waals surface area (Å²) in [7, 11) is 1.70. The molecule has 2 heterocycles. The Morgan fingerprint density at radius 3 is 2.89 bits per heavy atom. The van der Waals surface area contributed by atoms with E-state index in [0.29, 0.717) is 13.1 Å². The van der Waals surface area contributed by atoms with E-state index in [9.17, 15) is 4.79 Å². The number of likely N-dealkylation sites (tertiary alicyclic amines) is 1. The number of carbonyl (C=O) groups is 1. The second-order valence-electron chi connectivity index (χ2n) is 5.05. The normalized spacial score (nSPS) is 25.4. The Bertz CT molecular complexity index is 478. The number of hydrogen-bond donors (Lipinski definition) is 2. The van der Waals surface area contributed by atoms with Crippen LogP contribution >= 0.6 is 0 Å². The van der Waals surface area contributed by atoms with Crippen LogP contribution in [0.25, 0.3) is 0 Å². The van der Waals surface area contributed by atoms with Gasteiger partial charge in [0.05, 0.1) is 17.5 Å². The van der Waals surface area contributed by atoms with E-state index in [2.05, 4.69) is 10.6 Å². The van der Waals surface area contributed by atoms with Gasteiger partial charge in [-0.3, -0.25) is 4.79 Å². The number of hydrogen-bond acceptors (Lipinski definition) is 4. The first kappa shape index (κ1) is 12.3. The molecule has 2 N–H and O–H groups in total. The molecule has 5 heteroatoms. The van der Waals surface area contributed by atoms with Crippen molar-refractivity contribution in [1.82, 2.24) is 4.90 Å². The lowest BCUT2D eigenvalue weighted by Crippen LogP contribution is -2.47. The lowest BCUT2D eigenvalue weighted by Gasteiger charge is -2.30. The molecule has 0 aliphatic carbocycles. The summed E-state index contributed by atoms with van der Waals surface area (Å²) in [5.41, 5.74) is 2.05. The first-order valence-corrected chi connectivity index (χ1v) is 6.69. The highest BCUT2D eigenvalue weighted by Crippen LogP contribution is 2.26. The molecule has 102 valence electrons. The molecule has 2 aliphatic heterocycles. The average Bonchev–Trinajstić information content (AvgIpc) is 2.95. The van der Waals surface area contributed by atoms with Gasteiger partial charge in [0.15, 0.2) is 0 Å². The van der Waals surface area contributed by atoms with Crippen molar-refractivity contribution in [3.05, 3.63) is 24.3 Å². The zero-order valence-electron chi connectivity index (χ0n) is 11.1. The van der Waals surface area contributed by atoms with Gasteiger partial charge in [0.2, 0.25) is 5.91 Å². The molecular weight excluding hydrogens is 242 g/mol. The van der Waals surface area contributed by atoms with Crippen molar-refractivity contribution in [2.75, 3.05) is 37.4 Å². The van der Waals surface area contributed by atoms with Crippen LogP contribution in [-0.4, -0.2) is 49.7 Å². The Morgan fingerprint density at radius 2 is 2.16 bits per heavy atom. The molecule has 3 rings (SSSR count). The number of ether oxygens (including phenoxy) is 1. The molecule has 0 bridgehead atoms. The topological polar surface area (TPSA) is 53.6 Å². The Kier molecular flexibility index (Phi) is 3.29. The van der Waals surface area contributed by atoms with E-state index < -0.39 is 0 Å². The van der Waals surface area contributed by atoms with Gasteiger partial charge < -0.3 is 20.3 Å². The Hall–Kier alpha value is -1.75. The second kappa shape index (κ2) is 5.09. The maximum atomic E-state index is 12.4. The fourth-order valence-corrected chi connectivity index (χ4v) is 2.70. The molecule has 2 unspecified atom stereocenters. The second-order valence-corrected chi connectivity index (χ2v) is 5.05. The van der Waals surface area contributed by atoms with Crippen molar-refractivity contribution in [1.29, 1.82) is 0 Å². The predicted octanol–water partition coefficient (Wildman–Crippen LogP) is 1.14. The smallest absolute Gasteiger partial charge is 0.246 e. The van der Waals surface area contributed by atoms with Crippen molar-refractivity contribution >= 4 is 17.3 Å². The maximum Gasteiger partial charge on any atom is 0.246 e. The number of carbonyl (C=O) groups excluding carboxylic acids is 1. The minimum absolute atomic E-state index is 0.154. The number of methoxy groups -OCH3 is 1. The van der Waals surface area contributed by atoms with Crippen LogP contribution in [0.2, 0.25) is 0 Å². The van der Waals surface area contributed by atoms with Gasteiger partial charge >= 0.3 is 0 Å². The highest BCUT2D eigenvalue weighted by Gasteiger charge is 2.32. The zero-order valence-corrected chi connectivity index (χ0v) is 11.1. The van der Waals surface area contributed by atoms with Crippen molar-refractivity contribution in [2.24, 2.45) is 0 Å². The quantitative estimate of drug-likeness (QED) is 0.838. The van der Waals surface area contributed by atoms with Crippen molar-refractivity contribution in [2.45, 2.75) is 18.6 Å². The Balaban J connectivity index is 1.66. The van der Waals surface area contributed by atoms with Crippen LogP contribution in [0.15, 0.2) is 24.3 Å². The van der Waals surface area contributed by atoms with Crippen LogP contribution in [0, 0.1) is 0 Å². The van der Waals surface area contributed by atoms with Gasteiger partial charge in [0, 0.05) is 26.7 Å². The molecule has 2 aliphatic rings. The maximum absolute atomic E-state index is 12.4.